The van der Waals surface area contributed by atoms with Crippen molar-refractivity contribution in [3.8, 4) is 23.0 Å². The highest BCUT2D eigenvalue weighted by Crippen LogP contribution is 2.49. The summed E-state index contributed by atoms with van der Waals surface area (Å²) in [5.74, 6) is -3.65. The molecule has 13 heteroatoms. The lowest BCUT2D eigenvalue weighted by molar-refractivity contribution is -0.277. The summed E-state index contributed by atoms with van der Waals surface area (Å²) in [6, 6.07) is 13.6. The average Bonchev–Trinajstić information content (AvgIpc) is 3.33. The number of aliphatic hydroxyl groups excluding tert-OH is 4. The number of carboxylic acids is 1. The number of anilines is 1. The maximum absolute atomic E-state index is 13.7. The highest BCUT2D eigenvalue weighted by molar-refractivity contribution is 6.09. The second-order valence-corrected chi connectivity index (χ2v) is 10.9. The quantitative estimate of drug-likeness (QED) is 0.158. The summed E-state index contributed by atoms with van der Waals surface area (Å²) in [6.07, 6.45) is -5.11. The number of aliphatic hydroxyl groups is 4. The van der Waals surface area contributed by atoms with Gasteiger partial charge in [0, 0.05) is 18.1 Å². The molecule has 5 rings (SSSR count). The predicted molar refractivity (Wildman–Crippen MR) is 158 cm³/mol. The minimum Gasteiger partial charge on any atom is -0.508 e. The van der Waals surface area contributed by atoms with Gasteiger partial charge in [-0.05, 0) is 59.9 Å². The zero-order valence-electron chi connectivity index (χ0n) is 23.7. The molecule has 2 aliphatic heterocycles. The molecule has 0 bridgehead atoms. The van der Waals surface area contributed by atoms with Crippen LogP contribution in [0.2, 0.25) is 0 Å². The molecule has 0 saturated carbocycles. The van der Waals surface area contributed by atoms with Crippen LogP contribution in [0.5, 0.6) is 23.0 Å². The summed E-state index contributed by atoms with van der Waals surface area (Å²) >= 11 is 0. The fourth-order valence-electron chi connectivity index (χ4n) is 5.68. The third-order valence-corrected chi connectivity index (χ3v) is 8.04. The number of carbonyl (C=O) groups excluding carboxylic acids is 1. The molecule has 3 aromatic rings. The lowest BCUT2D eigenvalue weighted by atomic mass is 9.88. The molecule has 0 radical (unpaired) electrons. The number of fused-ring (bicyclic) bond motifs is 1. The Balaban J connectivity index is 1.53. The Morgan fingerprint density at radius 2 is 1.62 bits per heavy atom. The summed E-state index contributed by atoms with van der Waals surface area (Å²) in [5, 5.41) is 81.4. The van der Waals surface area contributed by atoms with Crippen molar-refractivity contribution in [2.45, 2.75) is 55.5 Å². The highest BCUT2D eigenvalue weighted by atomic mass is 16.7. The van der Waals surface area contributed by atoms with E-state index in [9.17, 15) is 50.4 Å². The van der Waals surface area contributed by atoms with E-state index in [1.807, 2.05) is 0 Å². The summed E-state index contributed by atoms with van der Waals surface area (Å²) in [4.78, 5) is 27.4. The molecule has 8 N–H and O–H groups in total. The van der Waals surface area contributed by atoms with Crippen LogP contribution >= 0.6 is 0 Å². The number of ether oxygens (including phenoxy) is 2. The first-order valence-corrected chi connectivity index (χ1v) is 14.1. The van der Waals surface area contributed by atoms with Crippen LogP contribution in [-0.2, 0) is 20.7 Å². The number of phenols is 3. The van der Waals surface area contributed by atoms with Gasteiger partial charge >= 0.3 is 5.97 Å². The number of hydrogen-bond acceptors (Lipinski definition) is 11. The van der Waals surface area contributed by atoms with Crippen molar-refractivity contribution in [2.24, 2.45) is 0 Å². The number of benzene rings is 3. The monoisotopic (exact) mass is 623 g/mol. The number of amides is 1. The Bertz CT molecular complexity index is 1570. The van der Waals surface area contributed by atoms with E-state index in [0.717, 1.165) is 4.90 Å². The van der Waals surface area contributed by atoms with E-state index < -0.39 is 66.9 Å². The van der Waals surface area contributed by atoms with Crippen molar-refractivity contribution >= 4 is 23.6 Å². The second kappa shape index (κ2) is 13.1. The molecule has 0 unspecified atom stereocenters. The molecule has 1 amide bonds. The van der Waals surface area contributed by atoms with Gasteiger partial charge in [0.2, 0.25) is 6.29 Å². The number of carboxylic acid groups (broad SMARTS) is 1. The number of aliphatic carboxylic acids is 1. The van der Waals surface area contributed by atoms with E-state index >= 15 is 0 Å². The van der Waals surface area contributed by atoms with E-state index in [2.05, 4.69) is 0 Å². The van der Waals surface area contributed by atoms with E-state index in [-0.39, 0.29) is 35.8 Å². The van der Waals surface area contributed by atoms with E-state index in [1.54, 1.807) is 30.3 Å². The lowest BCUT2D eigenvalue weighted by Gasteiger charge is -2.39. The topological polar surface area (TPSA) is 218 Å². The zero-order valence-corrected chi connectivity index (χ0v) is 23.7. The number of para-hydroxylation sites is 1. The summed E-state index contributed by atoms with van der Waals surface area (Å²) < 4.78 is 11.0. The first kappa shape index (κ1) is 31.8. The Morgan fingerprint density at radius 1 is 0.911 bits per heavy atom. The molecule has 2 heterocycles. The van der Waals surface area contributed by atoms with Crippen molar-refractivity contribution in [1.82, 2.24) is 0 Å². The third-order valence-electron chi connectivity index (χ3n) is 8.04. The first-order chi connectivity index (χ1) is 21.5. The van der Waals surface area contributed by atoms with Crippen LogP contribution in [0.4, 0.5) is 5.69 Å². The summed E-state index contributed by atoms with van der Waals surface area (Å²) in [5.41, 5.74) is 1.51. The Labute approximate surface area is 257 Å². The van der Waals surface area contributed by atoms with E-state index in [0.29, 0.717) is 16.7 Å². The fourth-order valence-corrected chi connectivity index (χ4v) is 5.68. The van der Waals surface area contributed by atoms with E-state index in [1.165, 1.54) is 42.5 Å². The van der Waals surface area contributed by atoms with Crippen LogP contribution < -0.4 is 9.64 Å². The molecule has 1 fully saturated rings. The highest BCUT2D eigenvalue weighted by Gasteiger charge is 2.48. The Hall–Kier alpha value is -4.66. The number of phenolic OH excluding ortho intramolecular Hbond substituents is 3. The summed E-state index contributed by atoms with van der Waals surface area (Å²) in [6.45, 7) is -0.713. The largest absolute Gasteiger partial charge is 0.508 e. The molecule has 0 spiro atoms. The van der Waals surface area contributed by atoms with Crippen LogP contribution in [0.3, 0.4) is 0 Å². The maximum atomic E-state index is 13.7. The van der Waals surface area contributed by atoms with Crippen LogP contribution in [0.15, 0.2) is 66.7 Å². The molecule has 13 nitrogen and oxygen atoms in total. The summed E-state index contributed by atoms with van der Waals surface area (Å²) in [7, 11) is 0. The van der Waals surface area contributed by atoms with Gasteiger partial charge in [-0.3, -0.25) is 9.69 Å². The molecule has 3 aromatic carbocycles. The van der Waals surface area contributed by atoms with E-state index in [4.69, 9.17) is 9.47 Å². The standard InChI is InChI=1S/C32H33NO12/c34-15-25-28(39)29(40)30(41)32(45-25)44-24-14-21-20(13-23(24)37)19(11-8-17-3-1-2-4-22(17)36)27(31(42)43)33(21)26(38)12-7-16-5-9-18(35)10-6-16/h1-7,9-10,12-14,19,25,27-30,32,34-37,39-41H,8,11,15H2,(H,42,43)/b12-7+/t19-,25-,27-,28-,29+,30-,32-/m1/s1. The van der Waals surface area contributed by atoms with Gasteiger partial charge in [0.05, 0.1) is 12.3 Å². The second-order valence-electron chi connectivity index (χ2n) is 10.9. The molecule has 238 valence electrons. The molecule has 1 saturated heterocycles. The predicted octanol–water partition coefficient (Wildman–Crippen LogP) is 1.21. The van der Waals surface area contributed by atoms with Gasteiger partial charge in [0.25, 0.3) is 5.91 Å². The Kier molecular flexibility index (Phi) is 9.27. The maximum Gasteiger partial charge on any atom is 0.327 e. The number of aromatic hydroxyl groups is 3. The van der Waals surface area contributed by atoms with Gasteiger partial charge in [-0.15, -0.1) is 0 Å². The average molecular weight is 624 g/mol. The third kappa shape index (κ3) is 6.43. The number of nitrogens with zero attached hydrogens (tertiary/aromatic N) is 1. The molecule has 2 aliphatic rings. The number of aryl methyl sites for hydroxylation is 1. The minimum atomic E-state index is -1.79. The smallest absolute Gasteiger partial charge is 0.327 e. The van der Waals surface area contributed by atoms with Crippen molar-refractivity contribution in [3.05, 3.63) is 83.4 Å². The van der Waals surface area contributed by atoms with Crippen molar-refractivity contribution in [3.63, 3.8) is 0 Å². The molecular weight excluding hydrogens is 590 g/mol. The van der Waals surface area contributed by atoms with Crippen LogP contribution in [0, 0.1) is 0 Å². The molecule has 7 atom stereocenters. The van der Waals surface area contributed by atoms with Crippen molar-refractivity contribution < 1.29 is 59.9 Å². The van der Waals surface area contributed by atoms with Crippen molar-refractivity contribution in [1.29, 1.82) is 0 Å². The van der Waals surface area contributed by atoms with Gasteiger partial charge in [-0.25, -0.2) is 4.79 Å². The molecular formula is C32H33NO12. The Morgan fingerprint density at radius 3 is 2.29 bits per heavy atom. The zero-order chi connectivity index (χ0) is 32.4. The van der Waals surface area contributed by atoms with Gasteiger partial charge in [0.1, 0.15) is 42.0 Å². The van der Waals surface area contributed by atoms with Crippen molar-refractivity contribution in [2.75, 3.05) is 11.5 Å². The fraction of sp³-hybridized carbons (Fsp3) is 0.312. The van der Waals surface area contributed by atoms with Gasteiger partial charge in [0.15, 0.2) is 11.5 Å². The lowest BCUT2D eigenvalue weighted by Crippen LogP contribution is -2.60. The first-order valence-electron chi connectivity index (χ1n) is 14.1. The van der Waals surface area contributed by atoms with Gasteiger partial charge in [-0.2, -0.15) is 0 Å². The van der Waals surface area contributed by atoms with Gasteiger partial charge < -0.3 is 50.3 Å². The number of hydrogen-bond donors (Lipinski definition) is 8. The van der Waals surface area contributed by atoms with Crippen LogP contribution in [0.1, 0.15) is 29.0 Å². The van der Waals surface area contributed by atoms with Gasteiger partial charge in [-0.1, -0.05) is 30.3 Å². The molecule has 45 heavy (non-hydrogen) atoms. The molecule has 0 aromatic heterocycles. The minimum absolute atomic E-state index is 0.0249. The SMILES string of the molecule is O=C(O)[C@H]1[C@H](CCc2ccccc2O)c2cc(O)c(O[C@@H]3O[C@H](CO)[C@@H](O)[C@H](O)[C@H]3O)cc2N1C(=O)/C=C/c1ccc(O)cc1. The normalized spacial score (nSPS) is 26.1. The number of rotatable bonds is 9. The number of carbonyl (C=O) groups is 2. The molecule has 0 aliphatic carbocycles. The van der Waals surface area contributed by atoms with Crippen LogP contribution in [-0.4, -0.2) is 96.1 Å². The van der Waals surface area contributed by atoms with Crippen LogP contribution in [0.25, 0.3) is 6.08 Å².